The highest BCUT2D eigenvalue weighted by Gasteiger charge is 2.34. The SMILES string of the molecule is O=C(Nc1cccc(CS(=O)(=O)N2CCCC2)c1)[C@@H]1CO[C@H]2C=CC=C[C@H]2O1. The number of sulfonamides is 1. The van der Waals surface area contributed by atoms with Crippen molar-refractivity contribution in [1.29, 1.82) is 0 Å². The van der Waals surface area contributed by atoms with Crippen LogP contribution in [0.4, 0.5) is 5.69 Å². The molecule has 2 fully saturated rings. The van der Waals surface area contributed by atoms with Crippen molar-refractivity contribution in [2.75, 3.05) is 25.0 Å². The Balaban J connectivity index is 1.38. The quantitative estimate of drug-likeness (QED) is 0.809. The summed E-state index contributed by atoms with van der Waals surface area (Å²) in [5.41, 5.74) is 1.19. The molecule has 150 valence electrons. The minimum Gasteiger partial charge on any atom is -0.368 e. The Morgan fingerprint density at radius 1 is 1.14 bits per heavy atom. The summed E-state index contributed by atoms with van der Waals surface area (Å²) in [6.07, 6.45) is 8.21. The van der Waals surface area contributed by atoms with Gasteiger partial charge in [-0.25, -0.2) is 12.7 Å². The summed E-state index contributed by atoms with van der Waals surface area (Å²) in [6, 6.07) is 6.93. The first-order valence-electron chi connectivity index (χ1n) is 9.51. The summed E-state index contributed by atoms with van der Waals surface area (Å²) in [5.74, 6) is -0.373. The summed E-state index contributed by atoms with van der Waals surface area (Å²) in [4.78, 5) is 12.6. The number of carbonyl (C=O) groups excluding carboxylic acids is 1. The topological polar surface area (TPSA) is 84.9 Å². The Hall–Kier alpha value is -2.00. The molecule has 2 aliphatic heterocycles. The van der Waals surface area contributed by atoms with Gasteiger partial charge in [0.2, 0.25) is 10.0 Å². The molecule has 0 unspecified atom stereocenters. The summed E-state index contributed by atoms with van der Waals surface area (Å²) < 4.78 is 38.1. The predicted octanol–water partition coefficient (Wildman–Crippen LogP) is 1.83. The van der Waals surface area contributed by atoms with Crippen molar-refractivity contribution in [3.63, 3.8) is 0 Å². The summed E-state index contributed by atoms with van der Waals surface area (Å²) >= 11 is 0. The van der Waals surface area contributed by atoms with Crippen molar-refractivity contribution in [2.45, 2.75) is 36.9 Å². The molecular weight excluding hydrogens is 380 g/mol. The lowest BCUT2D eigenvalue weighted by Gasteiger charge is -2.34. The van der Waals surface area contributed by atoms with E-state index in [2.05, 4.69) is 5.32 Å². The summed E-state index contributed by atoms with van der Waals surface area (Å²) in [7, 11) is -3.33. The van der Waals surface area contributed by atoms with Gasteiger partial charge in [-0.15, -0.1) is 0 Å². The van der Waals surface area contributed by atoms with E-state index >= 15 is 0 Å². The number of benzene rings is 1. The number of nitrogens with zero attached hydrogens (tertiary/aromatic N) is 1. The third-order valence-corrected chi connectivity index (χ3v) is 6.94. The molecule has 0 spiro atoms. The Bertz CT molecular complexity index is 890. The van der Waals surface area contributed by atoms with Gasteiger partial charge >= 0.3 is 0 Å². The van der Waals surface area contributed by atoms with Gasteiger partial charge in [-0.05, 0) is 30.5 Å². The van der Waals surface area contributed by atoms with E-state index in [-0.39, 0.29) is 30.5 Å². The van der Waals surface area contributed by atoms with Gasteiger partial charge in [-0.3, -0.25) is 4.79 Å². The maximum atomic E-state index is 12.6. The molecule has 8 heteroatoms. The van der Waals surface area contributed by atoms with Gasteiger partial charge in [0, 0.05) is 18.8 Å². The molecule has 3 atom stereocenters. The predicted molar refractivity (Wildman–Crippen MR) is 105 cm³/mol. The number of hydrogen-bond donors (Lipinski definition) is 1. The number of allylic oxidation sites excluding steroid dienone is 2. The minimum atomic E-state index is -3.33. The van der Waals surface area contributed by atoms with Gasteiger partial charge < -0.3 is 14.8 Å². The molecule has 2 heterocycles. The second-order valence-electron chi connectivity index (χ2n) is 7.21. The first-order valence-corrected chi connectivity index (χ1v) is 11.1. The van der Waals surface area contributed by atoms with Crippen LogP contribution in [0.15, 0.2) is 48.6 Å². The van der Waals surface area contributed by atoms with E-state index in [4.69, 9.17) is 9.47 Å². The zero-order chi connectivity index (χ0) is 19.6. The van der Waals surface area contributed by atoms with Gasteiger partial charge in [0.1, 0.15) is 12.2 Å². The van der Waals surface area contributed by atoms with Crippen LogP contribution in [0.1, 0.15) is 18.4 Å². The second-order valence-corrected chi connectivity index (χ2v) is 9.18. The van der Waals surface area contributed by atoms with Crippen LogP contribution < -0.4 is 5.32 Å². The fourth-order valence-electron chi connectivity index (χ4n) is 3.63. The Kier molecular flexibility index (Phi) is 5.63. The van der Waals surface area contributed by atoms with E-state index in [1.54, 1.807) is 24.3 Å². The number of carbonyl (C=O) groups is 1. The number of anilines is 1. The molecule has 28 heavy (non-hydrogen) atoms. The summed E-state index contributed by atoms with van der Waals surface area (Å²) in [5, 5.41) is 2.81. The molecule has 3 aliphatic rings. The number of amides is 1. The number of nitrogens with one attached hydrogen (secondary N) is 1. The molecular formula is C20H24N2O5S. The van der Waals surface area contributed by atoms with Crippen LogP contribution in [0, 0.1) is 0 Å². The lowest BCUT2D eigenvalue weighted by Crippen LogP contribution is -2.47. The molecule has 1 amide bonds. The molecule has 0 saturated carbocycles. The first kappa shape index (κ1) is 19.3. The highest BCUT2D eigenvalue weighted by molar-refractivity contribution is 7.88. The largest absolute Gasteiger partial charge is 0.368 e. The minimum absolute atomic E-state index is 0.0688. The highest BCUT2D eigenvalue weighted by Crippen LogP contribution is 2.22. The van der Waals surface area contributed by atoms with Crippen molar-refractivity contribution in [2.24, 2.45) is 0 Å². The Morgan fingerprint density at radius 3 is 2.68 bits per heavy atom. The van der Waals surface area contributed by atoms with Crippen LogP contribution in [0.5, 0.6) is 0 Å². The van der Waals surface area contributed by atoms with E-state index in [9.17, 15) is 13.2 Å². The molecule has 1 aliphatic carbocycles. The average Bonchev–Trinajstić information content (AvgIpc) is 3.23. The van der Waals surface area contributed by atoms with Crippen LogP contribution in [-0.4, -0.2) is 56.6 Å². The molecule has 0 aromatic heterocycles. The Labute approximate surface area is 165 Å². The van der Waals surface area contributed by atoms with Gasteiger partial charge in [0.05, 0.1) is 12.4 Å². The zero-order valence-corrected chi connectivity index (χ0v) is 16.3. The second kappa shape index (κ2) is 8.16. The van der Waals surface area contributed by atoms with Crippen molar-refractivity contribution >= 4 is 21.6 Å². The molecule has 1 aromatic carbocycles. The third-order valence-electron chi connectivity index (χ3n) is 5.09. The smallest absolute Gasteiger partial charge is 0.255 e. The van der Waals surface area contributed by atoms with Gasteiger partial charge in [-0.2, -0.15) is 0 Å². The number of hydrogen-bond acceptors (Lipinski definition) is 5. The zero-order valence-electron chi connectivity index (χ0n) is 15.5. The molecule has 0 radical (unpaired) electrons. The monoisotopic (exact) mass is 404 g/mol. The fourth-order valence-corrected chi connectivity index (χ4v) is 5.23. The normalized spacial score (nSPS) is 27.5. The van der Waals surface area contributed by atoms with E-state index in [0.717, 1.165) is 12.8 Å². The van der Waals surface area contributed by atoms with E-state index in [0.29, 0.717) is 24.3 Å². The maximum absolute atomic E-state index is 12.6. The molecule has 1 aromatic rings. The van der Waals surface area contributed by atoms with Crippen molar-refractivity contribution in [3.05, 3.63) is 54.1 Å². The molecule has 2 saturated heterocycles. The number of rotatable bonds is 5. The third kappa shape index (κ3) is 4.35. The van der Waals surface area contributed by atoms with Gasteiger partial charge in [0.25, 0.3) is 5.91 Å². The van der Waals surface area contributed by atoms with Crippen molar-refractivity contribution in [1.82, 2.24) is 4.31 Å². The van der Waals surface area contributed by atoms with Crippen LogP contribution in [-0.2, 0) is 30.0 Å². The molecule has 1 N–H and O–H groups in total. The highest BCUT2D eigenvalue weighted by atomic mass is 32.2. The number of fused-ring (bicyclic) bond motifs is 1. The molecule has 7 nitrogen and oxygen atoms in total. The van der Waals surface area contributed by atoms with Crippen molar-refractivity contribution < 1.29 is 22.7 Å². The molecule has 0 bridgehead atoms. The van der Waals surface area contributed by atoms with Crippen LogP contribution in [0.2, 0.25) is 0 Å². The fraction of sp³-hybridized carbons (Fsp3) is 0.450. The Morgan fingerprint density at radius 2 is 1.89 bits per heavy atom. The van der Waals surface area contributed by atoms with E-state index < -0.39 is 16.1 Å². The first-order chi connectivity index (χ1) is 13.5. The summed E-state index contributed by atoms with van der Waals surface area (Å²) in [6.45, 7) is 1.35. The van der Waals surface area contributed by atoms with Gasteiger partial charge in [-0.1, -0.05) is 36.4 Å². The van der Waals surface area contributed by atoms with E-state index in [1.165, 1.54) is 4.31 Å². The number of ether oxygens (including phenoxy) is 2. The lowest BCUT2D eigenvalue weighted by atomic mass is 10.1. The van der Waals surface area contributed by atoms with Crippen LogP contribution >= 0.6 is 0 Å². The average molecular weight is 404 g/mol. The van der Waals surface area contributed by atoms with Crippen molar-refractivity contribution in [3.8, 4) is 0 Å². The lowest BCUT2D eigenvalue weighted by molar-refractivity contribution is -0.164. The van der Waals surface area contributed by atoms with Crippen LogP contribution in [0.25, 0.3) is 0 Å². The van der Waals surface area contributed by atoms with Crippen LogP contribution in [0.3, 0.4) is 0 Å². The standard InChI is InChI=1S/C20H24N2O5S/c23-20(19-13-26-17-8-1-2-9-18(17)27-19)21-16-7-5-6-15(12-16)14-28(24,25)22-10-3-4-11-22/h1-2,5-9,12,17-19H,3-4,10-11,13-14H2,(H,21,23)/t17-,18+,19-/m0/s1. The van der Waals surface area contributed by atoms with Gasteiger partial charge in [0.15, 0.2) is 6.10 Å². The maximum Gasteiger partial charge on any atom is 0.255 e. The molecule has 4 rings (SSSR count). The van der Waals surface area contributed by atoms with E-state index in [1.807, 2.05) is 24.3 Å².